The molecule has 0 aromatic rings. The van der Waals surface area contributed by atoms with Gasteiger partial charge in [-0.25, -0.2) is 9.59 Å². The summed E-state index contributed by atoms with van der Waals surface area (Å²) in [6, 6.07) is 0. The van der Waals surface area contributed by atoms with Crippen LogP contribution in [0.5, 0.6) is 0 Å². The lowest BCUT2D eigenvalue weighted by Crippen LogP contribution is -2.11. The van der Waals surface area contributed by atoms with Crippen molar-refractivity contribution < 1.29 is 14.3 Å². The predicted octanol–water partition coefficient (Wildman–Crippen LogP) is 2.75. The summed E-state index contributed by atoms with van der Waals surface area (Å²) in [5, 5.41) is 0. The number of cyclic esters (lactones) is 2. The highest BCUT2D eigenvalue weighted by molar-refractivity contribution is 6.12. The molecule has 2 aliphatic carbocycles. The van der Waals surface area contributed by atoms with Gasteiger partial charge in [0.2, 0.25) is 0 Å². The molecule has 0 N–H and O–H groups in total. The molecular weight excluding hydrogens is 216 g/mol. The minimum atomic E-state index is -0.344. The Hall–Kier alpha value is -1.12. The highest BCUT2D eigenvalue weighted by atomic mass is 16.6. The van der Waals surface area contributed by atoms with Gasteiger partial charge in [0, 0.05) is 0 Å². The van der Waals surface area contributed by atoms with Gasteiger partial charge in [-0.05, 0) is 37.5 Å². The second-order valence-electron chi connectivity index (χ2n) is 5.47. The largest absolute Gasteiger partial charge is 0.386 e. The summed E-state index contributed by atoms with van der Waals surface area (Å²) in [5.74, 6) is -0.0956. The minimum Gasteiger partial charge on any atom is -0.386 e. The Labute approximate surface area is 101 Å². The van der Waals surface area contributed by atoms with E-state index in [0.29, 0.717) is 11.8 Å². The Morgan fingerprint density at radius 3 is 1.41 bits per heavy atom. The van der Waals surface area contributed by atoms with Gasteiger partial charge in [-0.1, -0.05) is 25.7 Å². The van der Waals surface area contributed by atoms with Crippen molar-refractivity contribution >= 4 is 11.9 Å². The molecule has 0 unspecified atom stereocenters. The molecule has 0 atom stereocenters. The SMILES string of the molecule is O=C1OC(=O)C(C2CCCC2)=C1C1CCCC1. The lowest BCUT2D eigenvalue weighted by molar-refractivity contribution is -0.151. The maximum absolute atomic E-state index is 11.8. The van der Waals surface area contributed by atoms with E-state index in [2.05, 4.69) is 0 Å². The van der Waals surface area contributed by atoms with Gasteiger partial charge in [-0.15, -0.1) is 0 Å². The third kappa shape index (κ3) is 1.81. The summed E-state index contributed by atoms with van der Waals surface area (Å²) in [4.78, 5) is 23.7. The topological polar surface area (TPSA) is 43.4 Å². The maximum atomic E-state index is 11.8. The number of hydrogen-bond donors (Lipinski definition) is 0. The second-order valence-corrected chi connectivity index (χ2v) is 5.47. The molecule has 0 amide bonds. The van der Waals surface area contributed by atoms with Gasteiger partial charge in [0.15, 0.2) is 0 Å². The molecule has 2 fully saturated rings. The van der Waals surface area contributed by atoms with Crippen molar-refractivity contribution in [1.82, 2.24) is 0 Å². The van der Waals surface area contributed by atoms with Crippen LogP contribution in [0.3, 0.4) is 0 Å². The van der Waals surface area contributed by atoms with Crippen LogP contribution in [0.15, 0.2) is 11.1 Å². The molecule has 0 radical (unpaired) electrons. The zero-order valence-electron chi connectivity index (χ0n) is 10.0. The van der Waals surface area contributed by atoms with Crippen LogP contribution in [-0.4, -0.2) is 11.9 Å². The van der Waals surface area contributed by atoms with Crippen LogP contribution >= 0.6 is 0 Å². The molecule has 0 saturated heterocycles. The van der Waals surface area contributed by atoms with E-state index < -0.39 is 0 Å². The fraction of sp³-hybridized carbons (Fsp3) is 0.714. The second kappa shape index (κ2) is 4.28. The Morgan fingerprint density at radius 1 is 0.706 bits per heavy atom. The van der Waals surface area contributed by atoms with Crippen molar-refractivity contribution in [2.75, 3.05) is 0 Å². The van der Waals surface area contributed by atoms with Crippen LogP contribution in [-0.2, 0) is 14.3 Å². The number of rotatable bonds is 2. The molecule has 2 saturated carbocycles. The van der Waals surface area contributed by atoms with E-state index in [9.17, 15) is 9.59 Å². The van der Waals surface area contributed by atoms with Gasteiger partial charge in [0.1, 0.15) is 0 Å². The zero-order chi connectivity index (χ0) is 11.8. The first-order valence-corrected chi connectivity index (χ1v) is 6.78. The lowest BCUT2D eigenvalue weighted by atomic mass is 9.87. The summed E-state index contributed by atoms with van der Waals surface area (Å²) < 4.78 is 4.86. The van der Waals surface area contributed by atoms with Crippen molar-refractivity contribution in [3.05, 3.63) is 11.1 Å². The smallest absolute Gasteiger partial charge is 0.342 e. The molecule has 3 aliphatic rings. The Kier molecular flexibility index (Phi) is 2.77. The number of esters is 2. The first-order valence-electron chi connectivity index (χ1n) is 6.78. The van der Waals surface area contributed by atoms with Crippen LogP contribution in [0.25, 0.3) is 0 Å². The molecule has 1 heterocycles. The normalized spacial score (nSPS) is 27.3. The molecule has 3 nitrogen and oxygen atoms in total. The van der Waals surface area contributed by atoms with Gasteiger partial charge < -0.3 is 4.74 Å². The summed E-state index contributed by atoms with van der Waals surface area (Å²) in [6.07, 6.45) is 8.89. The quantitative estimate of drug-likeness (QED) is 0.545. The molecule has 0 aromatic heterocycles. The molecule has 3 rings (SSSR count). The van der Waals surface area contributed by atoms with E-state index >= 15 is 0 Å². The number of carbonyl (C=O) groups excluding carboxylic acids is 2. The molecule has 1 aliphatic heterocycles. The van der Waals surface area contributed by atoms with Crippen LogP contribution in [0.2, 0.25) is 0 Å². The minimum absolute atomic E-state index is 0.296. The first kappa shape index (κ1) is 11.0. The molecular formula is C14H18O3. The van der Waals surface area contributed by atoms with Gasteiger partial charge in [0.25, 0.3) is 0 Å². The Balaban J connectivity index is 1.96. The fourth-order valence-electron chi connectivity index (χ4n) is 3.62. The summed E-state index contributed by atoms with van der Waals surface area (Å²) >= 11 is 0. The number of ether oxygens (including phenoxy) is 1. The van der Waals surface area contributed by atoms with Crippen LogP contribution in [0, 0.1) is 11.8 Å². The molecule has 0 spiro atoms. The van der Waals surface area contributed by atoms with E-state index in [1.54, 1.807) is 0 Å². The van der Waals surface area contributed by atoms with Crippen LogP contribution in [0.1, 0.15) is 51.4 Å². The molecule has 92 valence electrons. The highest BCUT2D eigenvalue weighted by Gasteiger charge is 2.41. The molecule has 0 bridgehead atoms. The van der Waals surface area contributed by atoms with Crippen molar-refractivity contribution in [1.29, 1.82) is 0 Å². The van der Waals surface area contributed by atoms with Crippen molar-refractivity contribution in [3.8, 4) is 0 Å². The van der Waals surface area contributed by atoms with Gasteiger partial charge in [-0.3, -0.25) is 0 Å². The highest BCUT2D eigenvalue weighted by Crippen LogP contribution is 2.42. The van der Waals surface area contributed by atoms with E-state index in [4.69, 9.17) is 4.74 Å². The maximum Gasteiger partial charge on any atom is 0.342 e. The van der Waals surface area contributed by atoms with Gasteiger partial charge >= 0.3 is 11.9 Å². The van der Waals surface area contributed by atoms with E-state index in [1.165, 1.54) is 25.7 Å². The van der Waals surface area contributed by atoms with Crippen molar-refractivity contribution in [3.63, 3.8) is 0 Å². The predicted molar refractivity (Wildman–Crippen MR) is 62.0 cm³/mol. The third-order valence-electron chi connectivity index (χ3n) is 4.44. The van der Waals surface area contributed by atoms with E-state index in [-0.39, 0.29) is 11.9 Å². The van der Waals surface area contributed by atoms with Gasteiger partial charge in [-0.2, -0.15) is 0 Å². The standard InChI is InChI=1S/C14H18O3/c15-13-11(9-5-1-2-6-9)12(14(16)17-13)10-7-3-4-8-10/h9-10H,1-8H2. The Morgan fingerprint density at radius 2 is 1.06 bits per heavy atom. The number of carbonyl (C=O) groups is 2. The van der Waals surface area contributed by atoms with E-state index in [0.717, 1.165) is 36.8 Å². The van der Waals surface area contributed by atoms with Gasteiger partial charge in [0.05, 0.1) is 11.1 Å². The number of hydrogen-bond acceptors (Lipinski definition) is 3. The fourth-order valence-corrected chi connectivity index (χ4v) is 3.62. The zero-order valence-corrected chi connectivity index (χ0v) is 10.0. The summed E-state index contributed by atoms with van der Waals surface area (Å²) in [7, 11) is 0. The monoisotopic (exact) mass is 234 g/mol. The first-order chi connectivity index (χ1) is 8.27. The third-order valence-corrected chi connectivity index (χ3v) is 4.44. The molecule has 17 heavy (non-hydrogen) atoms. The lowest BCUT2D eigenvalue weighted by Gasteiger charge is -2.13. The van der Waals surface area contributed by atoms with Crippen molar-refractivity contribution in [2.45, 2.75) is 51.4 Å². The Bertz CT molecular complexity index is 346. The summed E-state index contributed by atoms with van der Waals surface area (Å²) in [5.41, 5.74) is 1.50. The summed E-state index contributed by atoms with van der Waals surface area (Å²) in [6.45, 7) is 0. The average Bonchev–Trinajstić information content (AvgIpc) is 2.98. The van der Waals surface area contributed by atoms with E-state index in [1.807, 2.05) is 0 Å². The van der Waals surface area contributed by atoms with Crippen LogP contribution < -0.4 is 0 Å². The average molecular weight is 234 g/mol. The van der Waals surface area contributed by atoms with Crippen molar-refractivity contribution in [2.24, 2.45) is 11.8 Å². The van der Waals surface area contributed by atoms with Crippen LogP contribution in [0.4, 0.5) is 0 Å². The molecule has 3 heteroatoms. The molecule has 0 aromatic carbocycles.